The van der Waals surface area contributed by atoms with Crippen LogP contribution in [0.2, 0.25) is 0 Å². The van der Waals surface area contributed by atoms with Crippen molar-refractivity contribution in [1.29, 1.82) is 0 Å². The van der Waals surface area contributed by atoms with E-state index in [2.05, 4.69) is 19.2 Å². The maximum atomic E-state index is 5.61. The first-order valence-electron chi connectivity index (χ1n) is 9.46. The van der Waals surface area contributed by atoms with Gasteiger partial charge in [0.25, 0.3) is 0 Å². The molecule has 24 heavy (non-hydrogen) atoms. The van der Waals surface area contributed by atoms with Gasteiger partial charge < -0.3 is 11.1 Å². The minimum absolute atomic E-state index is 0. The number of amidine groups is 1. The van der Waals surface area contributed by atoms with Gasteiger partial charge in [-0.1, -0.05) is 83.4 Å². The molecule has 6 heteroatoms. The zero-order chi connectivity index (χ0) is 16.3. The predicted molar refractivity (Wildman–Crippen MR) is 125 cm³/mol. The van der Waals surface area contributed by atoms with Crippen LogP contribution >= 0.6 is 45.7 Å². The van der Waals surface area contributed by atoms with Crippen LogP contribution in [-0.2, 0) is 0 Å². The van der Waals surface area contributed by atoms with Crippen LogP contribution < -0.4 is 11.1 Å². The standard InChI is InChI=1S/C18H39N3S.2BrH/c1-3-5-7-9-11-13-16-21-18(22-17-14-19)20-15-12-10-8-6-4-2;;/h3-17,19H2,1-2H3,(H,20,21);2*1H. The number of unbranched alkanes of at least 4 members (excludes halogenated alkanes) is 9. The first-order valence-corrected chi connectivity index (χ1v) is 10.4. The van der Waals surface area contributed by atoms with Crippen LogP contribution in [0.1, 0.15) is 84.5 Å². The largest absolute Gasteiger partial charge is 0.365 e. The highest BCUT2D eigenvalue weighted by atomic mass is 79.9. The molecule has 3 N–H and O–H groups in total. The Labute approximate surface area is 176 Å². The highest BCUT2D eigenvalue weighted by Crippen LogP contribution is 2.07. The van der Waals surface area contributed by atoms with Crippen LogP contribution in [0, 0.1) is 0 Å². The van der Waals surface area contributed by atoms with Crippen molar-refractivity contribution in [2.75, 3.05) is 25.4 Å². The van der Waals surface area contributed by atoms with Gasteiger partial charge in [-0.3, -0.25) is 4.99 Å². The molecule has 0 fully saturated rings. The van der Waals surface area contributed by atoms with E-state index in [1.165, 1.54) is 70.6 Å². The average molecular weight is 491 g/mol. The smallest absolute Gasteiger partial charge is 0.156 e. The quantitative estimate of drug-likeness (QED) is 0.165. The minimum atomic E-state index is 0. The predicted octanol–water partition coefficient (Wildman–Crippen LogP) is 6.11. The number of hydrogen-bond donors (Lipinski definition) is 2. The highest BCUT2D eigenvalue weighted by Gasteiger charge is 1.99. The van der Waals surface area contributed by atoms with E-state index < -0.39 is 0 Å². The molecular weight excluding hydrogens is 450 g/mol. The zero-order valence-corrected chi connectivity index (χ0v) is 20.1. The molecule has 0 radical (unpaired) electrons. The molecule has 0 aromatic rings. The van der Waals surface area contributed by atoms with E-state index in [1.807, 2.05) is 0 Å². The number of nitrogens with two attached hydrogens (primary N) is 1. The van der Waals surface area contributed by atoms with Crippen LogP contribution in [0.5, 0.6) is 0 Å². The summed E-state index contributed by atoms with van der Waals surface area (Å²) in [4.78, 5) is 4.72. The molecule has 0 aliphatic heterocycles. The van der Waals surface area contributed by atoms with E-state index in [1.54, 1.807) is 11.8 Å². The van der Waals surface area contributed by atoms with E-state index in [9.17, 15) is 0 Å². The lowest BCUT2D eigenvalue weighted by atomic mass is 10.1. The van der Waals surface area contributed by atoms with Gasteiger partial charge in [-0.05, 0) is 12.8 Å². The molecule has 0 amide bonds. The van der Waals surface area contributed by atoms with Crippen molar-refractivity contribution >= 4 is 50.9 Å². The second-order valence-electron chi connectivity index (χ2n) is 5.93. The Morgan fingerprint density at radius 1 is 0.833 bits per heavy atom. The van der Waals surface area contributed by atoms with Gasteiger partial charge in [-0.2, -0.15) is 0 Å². The average Bonchev–Trinajstić information content (AvgIpc) is 2.54. The maximum Gasteiger partial charge on any atom is 0.156 e. The maximum absolute atomic E-state index is 5.61. The Hall–Kier alpha value is 0.740. The summed E-state index contributed by atoms with van der Waals surface area (Å²) in [7, 11) is 0. The monoisotopic (exact) mass is 489 g/mol. The molecule has 0 rings (SSSR count). The molecule has 0 atom stereocenters. The van der Waals surface area contributed by atoms with Crippen LogP contribution in [0.25, 0.3) is 0 Å². The van der Waals surface area contributed by atoms with Crippen LogP contribution in [0.4, 0.5) is 0 Å². The second-order valence-corrected chi connectivity index (χ2v) is 7.02. The molecule has 0 aromatic carbocycles. The number of halogens is 2. The first kappa shape index (κ1) is 29.5. The Bertz CT molecular complexity index is 254. The number of thioether (sulfide) groups is 1. The van der Waals surface area contributed by atoms with E-state index in [-0.39, 0.29) is 34.0 Å². The Morgan fingerprint density at radius 3 is 1.96 bits per heavy atom. The van der Waals surface area contributed by atoms with Gasteiger partial charge in [0, 0.05) is 25.4 Å². The molecule has 0 spiro atoms. The Balaban J connectivity index is -0.00000220. The number of rotatable bonds is 15. The second kappa shape index (κ2) is 26.0. The molecule has 0 heterocycles. The SMILES string of the molecule is Br.Br.CCCCCCCCNC(=NCCCCCCC)SCCN. The molecular formula is C18H41Br2N3S. The van der Waals surface area contributed by atoms with Crippen molar-refractivity contribution in [2.45, 2.75) is 84.5 Å². The van der Waals surface area contributed by atoms with E-state index in [4.69, 9.17) is 10.7 Å². The summed E-state index contributed by atoms with van der Waals surface area (Å²) >= 11 is 1.78. The van der Waals surface area contributed by atoms with Crippen molar-refractivity contribution in [2.24, 2.45) is 10.7 Å². The van der Waals surface area contributed by atoms with Crippen molar-refractivity contribution in [1.82, 2.24) is 5.32 Å². The highest BCUT2D eigenvalue weighted by molar-refractivity contribution is 8.93. The third-order valence-corrected chi connectivity index (χ3v) is 4.67. The van der Waals surface area contributed by atoms with Crippen molar-refractivity contribution in [3.05, 3.63) is 0 Å². The number of nitrogens with zero attached hydrogens (tertiary/aromatic N) is 1. The van der Waals surface area contributed by atoms with Crippen molar-refractivity contribution in [3.8, 4) is 0 Å². The molecule has 0 saturated carbocycles. The van der Waals surface area contributed by atoms with Gasteiger partial charge in [0.1, 0.15) is 0 Å². The molecule has 0 aliphatic rings. The van der Waals surface area contributed by atoms with E-state index in [0.29, 0.717) is 0 Å². The van der Waals surface area contributed by atoms with Gasteiger partial charge in [0.05, 0.1) is 0 Å². The van der Waals surface area contributed by atoms with Gasteiger partial charge in [0.2, 0.25) is 0 Å². The molecule has 3 nitrogen and oxygen atoms in total. The lowest BCUT2D eigenvalue weighted by Gasteiger charge is -2.09. The molecule has 0 aliphatic carbocycles. The Morgan fingerprint density at radius 2 is 1.38 bits per heavy atom. The molecule has 148 valence electrons. The normalized spacial score (nSPS) is 10.9. The van der Waals surface area contributed by atoms with Crippen LogP contribution in [0.15, 0.2) is 4.99 Å². The van der Waals surface area contributed by atoms with E-state index >= 15 is 0 Å². The third kappa shape index (κ3) is 22.7. The van der Waals surface area contributed by atoms with Gasteiger partial charge in [-0.25, -0.2) is 0 Å². The fraction of sp³-hybridized carbons (Fsp3) is 0.944. The third-order valence-electron chi connectivity index (χ3n) is 3.68. The molecule has 0 saturated heterocycles. The molecule has 0 aromatic heterocycles. The summed E-state index contributed by atoms with van der Waals surface area (Å²) < 4.78 is 0. The summed E-state index contributed by atoms with van der Waals surface area (Å²) in [6.07, 6.45) is 14.6. The minimum Gasteiger partial charge on any atom is -0.365 e. The topological polar surface area (TPSA) is 50.4 Å². The molecule has 0 unspecified atom stereocenters. The van der Waals surface area contributed by atoms with Gasteiger partial charge in [-0.15, -0.1) is 34.0 Å². The zero-order valence-electron chi connectivity index (χ0n) is 15.9. The first-order chi connectivity index (χ1) is 10.8. The molecule has 0 bridgehead atoms. The summed E-state index contributed by atoms with van der Waals surface area (Å²) in [5, 5.41) is 4.61. The fourth-order valence-electron chi connectivity index (χ4n) is 2.30. The summed E-state index contributed by atoms with van der Waals surface area (Å²) in [6.45, 7) is 7.25. The van der Waals surface area contributed by atoms with Crippen molar-refractivity contribution in [3.63, 3.8) is 0 Å². The van der Waals surface area contributed by atoms with Gasteiger partial charge >= 0.3 is 0 Å². The van der Waals surface area contributed by atoms with Crippen LogP contribution in [0.3, 0.4) is 0 Å². The summed E-state index contributed by atoms with van der Waals surface area (Å²) in [5.74, 6) is 0.957. The lowest BCUT2D eigenvalue weighted by molar-refractivity contribution is 0.602. The summed E-state index contributed by atoms with van der Waals surface area (Å²) in [5.41, 5.74) is 5.61. The van der Waals surface area contributed by atoms with Gasteiger partial charge in [0.15, 0.2) is 5.17 Å². The van der Waals surface area contributed by atoms with Crippen LogP contribution in [-0.4, -0.2) is 30.6 Å². The number of aliphatic imine (C=N–C) groups is 1. The lowest BCUT2D eigenvalue weighted by Crippen LogP contribution is -2.23. The van der Waals surface area contributed by atoms with E-state index in [0.717, 1.165) is 30.6 Å². The number of hydrogen-bond acceptors (Lipinski definition) is 3. The number of nitrogens with one attached hydrogen (secondary N) is 1. The van der Waals surface area contributed by atoms with Crippen molar-refractivity contribution < 1.29 is 0 Å². The fourth-order valence-corrected chi connectivity index (χ4v) is 3.00. The summed E-state index contributed by atoms with van der Waals surface area (Å²) in [6, 6.07) is 0. The Kier molecular flexibility index (Phi) is 31.9.